The summed E-state index contributed by atoms with van der Waals surface area (Å²) in [5.74, 6) is 1.57. The second kappa shape index (κ2) is 12.6. The third-order valence-electron chi connectivity index (χ3n) is 10.6. The van der Waals surface area contributed by atoms with Gasteiger partial charge in [0.05, 0.1) is 19.3 Å². The first-order chi connectivity index (χ1) is 30.7. The highest BCUT2D eigenvalue weighted by Gasteiger charge is 2.20. The maximum Gasteiger partial charge on any atom is 0.164 e. The van der Waals surface area contributed by atoms with E-state index in [1.165, 1.54) is 22.2 Å². The van der Waals surface area contributed by atoms with Gasteiger partial charge < -0.3 is 8.98 Å². The van der Waals surface area contributed by atoms with Crippen LogP contribution in [0.2, 0.25) is 0 Å². The Bertz CT molecular complexity index is 3750. The summed E-state index contributed by atoms with van der Waals surface area (Å²) in [6, 6.07) is 46.2. The first-order valence-corrected chi connectivity index (χ1v) is 19.3. The summed E-state index contributed by atoms with van der Waals surface area (Å²) < 4.78 is 64.3. The second-order valence-electron chi connectivity index (χ2n) is 13.9. The lowest BCUT2D eigenvalue weighted by Gasteiger charge is -2.12. The van der Waals surface area contributed by atoms with Crippen molar-refractivity contribution in [3.8, 4) is 51.0 Å². The molecule has 12 rings (SSSR count). The highest BCUT2D eigenvalue weighted by molar-refractivity contribution is 7.25. The zero-order chi connectivity index (χ0) is 42.7. The van der Waals surface area contributed by atoms with Crippen LogP contribution >= 0.6 is 11.3 Å². The summed E-state index contributed by atoms with van der Waals surface area (Å²) in [7, 11) is 0. The lowest BCUT2D eigenvalue weighted by atomic mass is 9.99. The number of rotatable bonds is 5. The summed E-state index contributed by atoms with van der Waals surface area (Å²) in [4.78, 5) is 14.8. The summed E-state index contributed by atoms with van der Waals surface area (Å²) in [6.07, 6.45) is 0. The van der Waals surface area contributed by atoms with Crippen LogP contribution in [0.15, 0.2) is 186 Å². The van der Waals surface area contributed by atoms with Crippen molar-refractivity contribution in [3.05, 3.63) is 182 Å². The van der Waals surface area contributed by atoms with Crippen LogP contribution in [0.1, 0.15) is 8.22 Å². The van der Waals surface area contributed by atoms with Crippen molar-refractivity contribution >= 4 is 75.3 Å². The van der Waals surface area contributed by atoms with Gasteiger partial charge in [0.1, 0.15) is 11.2 Å². The van der Waals surface area contributed by atoms with Crippen molar-refractivity contribution in [1.82, 2.24) is 19.5 Å². The molecule has 8 aromatic carbocycles. The van der Waals surface area contributed by atoms with Crippen molar-refractivity contribution in [2.75, 3.05) is 0 Å². The van der Waals surface area contributed by atoms with Gasteiger partial charge in [0.25, 0.3) is 0 Å². The van der Waals surface area contributed by atoms with Crippen LogP contribution in [0.4, 0.5) is 0 Å². The molecular weight excluding hydrogens is 717 g/mol. The fourth-order valence-electron chi connectivity index (χ4n) is 7.95. The summed E-state index contributed by atoms with van der Waals surface area (Å²) in [6.45, 7) is 0. The highest BCUT2D eigenvalue weighted by atomic mass is 32.1. The van der Waals surface area contributed by atoms with E-state index < -0.39 is 0 Å². The van der Waals surface area contributed by atoms with Gasteiger partial charge in [-0.1, -0.05) is 133 Å². The van der Waals surface area contributed by atoms with Gasteiger partial charge in [0, 0.05) is 69.7 Å². The van der Waals surface area contributed by atoms with Crippen LogP contribution in [0.5, 0.6) is 0 Å². The Balaban J connectivity index is 1.14. The van der Waals surface area contributed by atoms with E-state index in [1.54, 1.807) is 15.9 Å². The van der Waals surface area contributed by atoms with E-state index in [-0.39, 0.29) is 58.1 Å². The fraction of sp³-hybridized carbons (Fsp3) is 0. The van der Waals surface area contributed by atoms with Crippen LogP contribution in [0, 0.1) is 0 Å². The number of nitrogens with zero attached hydrogens (tertiary/aromatic N) is 4. The van der Waals surface area contributed by atoms with Crippen LogP contribution in [-0.4, -0.2) is 19.5 Å². The van der Waals surface area contributed by atoms with Crippen LogP contribution < -0.4 is 0 Å². The number of benzene rings is 8. The SMILES string of the molecule is [2H]c1cc([2H])c2c(c1[2H])c1c([2H])c([2H])cc([2H])c1n2-c1cc(-c2ccc3c(c2)sc2ccccc23)c2oc3cc(-c4nc(-c5ccccc5)nc(-c5ccccc5)n4)ccc3c2c1. The average Bonchev–Trinajstić information content (AvgIpc) is 4.00. The standard InChI is InChI=1S/C51H30N4OS/c1-3-13-31(14-4-1)49-52-50(32-15-5-2-6-16-32)54-51(53-49)34-24-25-38-42-30-35(55-43-20-10-7-17-36(43)37-18-8-11-21-44(37)55)29-41(48(42)56-45(38)27-34)33-23-26-40-39-19-9-12-22-46(39)57-47(40)28-33/h1-30H/i7D,8D,17D,18D,20D,21D. The van der Waals surface area contributed by atoms with Crippen molar-refractivity contribution < 1.29 is 12.6 Å². The predicted octanol–water partition coefficient (Wildman–Crippen LogP) is 13.9. The summed E-state index contributed by atoms with van der Waals surface area (Å²) in [5, 5.41) is 4.30. The van der Waals surface area contributed by atoms with Crippen molar-refractivity contribution in [1.29, 1.82) is 0 Å². The van der Waals surface area contributed by atoms with Crippen molar-refractivity contribution in [3.63, 3.8) is 0 Å². The molecule has 12 aromatic rings. The van der Waals surface area contributed by atoms with E-state index in [1.807, 2.05) is 103 Å². The minimum Gasteiger partial charge on any atom is -0.455 e. The average molecular weight is 753 g/mol. The quantitative estimate of drug-likeness (QED) is 0.176. The zero-order valence-electron chi connectivity index (χ0n) is 36.0. The zero-order valence-corrected chi connectivity index (χ0v) is 30.8. The van der Waals surface area contributed by atoms with Crippen LogP contribution in [0.3, 0.4) is 0 Å². The summed E-state index contributed by atoms with van der Waals surface area (Å²) in [5.41, 5.74) is 6.48. The minimum atomic E-state index is -0.165. The lowest BCUT2D eigenvalue weighted by molar-refractivity contribution is 0.670. The predicted molar refractivity (Wildman–Crippen MR) is 236 cm³/mol. The van der Waals surface area contributed by atoms with Gasteiger partial charge >= 0.3 is 0 Å². The highest BCUT2D eigenvalue weighted by Crippen LogP contribution is 2.43. The summed E-state index contributed by atoms with van der Waals surface area (Å²) >= 11 is 1.71. The molecule has 0 spiro atoms. The molecule has 266 valence electrons. The first-order valence-electron chi connectivity index (χ1n) is 21.5. The Morgan fingerprint density at radius 2 is 1.05 bits per heavy atom. The molecule has 0 bridgehead atoms. The molecule has 0 aliphatic heterocycles. The molecule has 57 heavy (non-hydrogen) atoms. The van der Waals surface area contributed by atoms with E-state index in [0.717, 1.165) is 48.7 Å². The van der Waals surface area contributed by atoms with Gasteiger partial charge in [-0.05, 0) is 54.0 Å². The second-order valence-corrected chi connectivity index (χ2v) is 15.0. The molecule has 0 N–H and O–H groups in total. The fourth-order valence-corrected chi connectivity index (χ4v) is 9.09. The van der Waals surface area contributed by atoms with E-state index >= 15 is 0 Å². The largest absolute Gasteiger partial charge is 0.455 e. The maximum atomic E-state index is 9.16. The molecule has 0 saturated heterocycles. The van der Waals surface area contributed by atoms with Gasteiger partial charge in [-0.15, -0.1) is 11.3 Å². The molecule has 0 radical (unpaired) electrons. The van der Waals surface area contributed by atoms with Crippen molar-refractivity contribution in [2.45, 2.75) is 0 Å². The number of hydrogen-bond acceptors (Lipinski definition) is 5. The molecule has 4 heterocycles. The molecule has 5 nitrogen and oxygen atoms in total. The molecule has 0 aliphatic carbocycles. The number of fused-ring (bicyclic) bond motifs is 9. The molecule has 0 atom stereocenters. The molecule has 6 heteroatoms. The number of para-hydroxylation sites is 2. The minimum absolute atomic E-state index is 0.0235. The van der Waals surface area contributed by atoms with E-state index in [4.69, 9.17) is 27.6 Å². The Labute approximate surface area is 339 Å². The monoisotopic (exact) mass is 752 g/mol. The third-order valence-corrected chi connectivity index (χ3v) is 11.7. The van der Waals surface area contributed by atoms with Crippen LogP contribution in [-0.2, 0) is 0 Å². The molecule has 0 saturated carbocycles. The van der Waals surface area contributed by atoms with Gasteiger partial charge in [-0.3, -0.25) is 0 Å². The smallest absolute Gasteiger partial charge is 0.164 e. The Morgan fingerprint density at radius 3 is 1.75 bits per heavy atom. The number of thiophene rings is 1. The van der Waals surface area contributed by atoms with Crippen molar-refractivity contribution in [2.24, 2.45) is 0 Å². The third kappa shape index (κ3) is 5.12. The normalized spacial score (nSPS) is 13.3. The van der Waals surface area contributed by atoms with Crippen LogP contribution in [0.25, 0.3) is 115 Å². The van der Waals surface area contributed by atoms with E-state index in [9.17, 15) is 0 Å². The molecule has 0 unspecified atom stereocenters. The Morgan fingerprint density at radius 1 is 0.456 bits per heavy atom. The maximum absolute atomic E-state index is 9.16. The van der Waals surface area contributed by atoms with Gasteiger partial charge in [-0.2, -0.15) is 0 Å². The molecule has 0 amide bonds. The number of aromatic nitrogens is 4. The molecule has 4 aromatic heterocycles. The van der Waals surface area contributed by atoms with Gasteiger partial charge in [-0.25, -0.2) is 15.0 Å². The molecular formula is C51H30N4OS. The topological polar surface area (TPSA) is 56.7 Å². The Hall–Kier alpha value is -7.41. The van der Waals surface area contributed by atoms with E-state index in [2.05, 4.69) is 30.3 Å². The number of furan rings is 1. The lowest BCUT2D eigenvalue weighted by Crippen LogP contribution is -2.00. The molecule has 0 aliphatic rings. The number of hydrogen-bond donors (Lipinski definition) is 0. The van der Waals surface area contributed by atoms with Gasteiger partial charge in [0.2, 0.25) is 0 Å². The van der Waals surface area contributed by atoms with E-state index in [0.29, 0.717) is 34.3 Å². The first kappa shape index (κ1) is 26.4. The Kier molecular flexibility index (Phi) is 5.82. The van der Waals surface area contributed by atoms with Gasteiger partial charge in [0.15, 0.2) is 17.5 Å². The molecule has 0 fully saturated rings.